The summed E-state index contributed by atoms with van der Waals surface area (Å²) in [7, 11) is 0. The van der Waals surface area contributed by atoms with E-state index in [1.807, 2.05) is 0 Å². The summed E-state index contributed by atoms with van der Waals surface area (Å²) in [6.45, 7) is 2.27. The molecule has 1 nitrogen and oxygen atoms in total. The highest BCUT2D eigenvalue weighted by molar-refractivity contribution is 5.36. The molecule has 0 spiro atoms. The van der Waals surface area contributed by atoms with Crippen molar-refractivity contribution >= 4 is 0 Å². The SMILES string of the molecule is CCCCCCCC1CCC(C2CCC(c3cc(F)c(C#N)c(F)c3)CC2)CC1. The third-order valence-electron chi connectivity index (χ3n) is 7.69. The largest absolute Gasteiger partial charge is 0.205 e. The molecule has 2 aliphatic rings. The monoisotopic (exact) mass is 401 g/mol. The summed E-state index contributed by atoms with van der Waals surface area (Å²) in [5.41, 5.74) is 0.286. The predicted molar refractivity (Wildman–Crippen MR) is 115 cm³/mol. The van der Waals surface area contributed by atoms with Gasteiger partial charge in [-0.2, -0.15) is 5.26 Å². The van der Waals surface area contributed by atoms with E-state index >= 15 is 0 Å². The summed E-state index contributed by atoms with van der Waals surface area (Å²) in [5, 5.41) is 8.85. The first kappa shape index (κ1) is 22.3. The molecule has 0 aliphatic heterocycles. The van der Waals surface area contributed by atoms with E-state index in [4.69, 9.17) is 5.26 Å². The quantitative estimate of drug-likeness (QED) is 0.402. The van der Waals surface area contributed by atoms with Crippen LogP contribution in [-0.2, 0) is 0 Å². The lowest BCUT2D eigenvalue weighted by atomic mass is 9.68. The lowest BCUT2D eigenvalue weighted by Gasteiger charge is -2.38. The maximum atomic E-state index is 14.0. The zero-order chi connectivity index (χ0) is 20.6. The fourth-order valence-electron chi connectivity index (χ4n) is 5.84. The first-order valence-corrected chi connectivity index (χ1v) is 12.0. The molecule has 0 unspecified atom stereocenters. The van der Waals surface area contributed by atoms with E-state index in [-0.39, 0.29) is 5.92 Å². The lowest BCUT2D eigenvalue weighted by Crippen LogP contribution is -2.25. The van der Waals surface area contributed by atoms with Gasteiger partial charge < -0.3 is 0 Å². The van der Waals surface area contributed by atoms with Crippen molar-refractivity contribution in [2.75, 3.05) is 0 Å². The minimum absolute atomic E-state index is 0.238. The normalized spacial score (nSPS) is 27.5. The van der Waals surface area contributed by atoms with Gasteiger partial charge in [-0.25, -0.2) is 8.78 Å². The van der Waals surface area contributed by atoms with Crippen molar-refractivity contribution in [1.82, 2.24) is 0 Å². The summed E-state index contributed by atoms with van der Waals surface area (Å²) in [6, 6.07) is 4.39. The molecule has 160 valence electrons. The van der Waals surface area contributed by atoms with Crippen LogP contribution in [-0.4, -0.2) is 0 Å². The van der Waals surface area contributed by atoms with Gasteiger partial charge in [0.2, 0.25) is 0 Å². The lowest BCUT2D eigenvalue weighted by molar-refractivity contribution is 0.155. The number of hydrogen-bond acceptors (Lipinski definition) is 1. The summed E-state index contributed by atoms with van der Waals surface area (Å²) < 4.78 is 27.9. The predicted octanol–water partition coefficient (Wildman–Crippen LogP) is 8.28. The van der Waals surface area contributed by atoms with Gasteiger partial charge in [0.1, 0.15) is 23.3 Å². The molecule has 2 fully saturated rings. The highest BCUT2D eigenvalue weighted by Crippen LogP contribution is 2.44. The van der Waals surface area contributed by atoms with E-state index < -0.39 is 17.2 Å². The van der Waals surface area contributed by atoms with Crippen LogP contribution in [0.2, 0.25) is 0 Å². The fraction of sp³-hybridized carbons (Fsp3) is 0.731. The van der Waals surface area contributed by atoms with Gasteiger partial charge in [-0.15, -0.1) is 0 Å². The molecule has 0 N–H and O–H groups in total. The minimum atomic E-state index is -0.711. The summed E-state index contributed by atoms with van der Waals surface area (Å²) in [4.78, 5) is 0. The van der Waals surface area contributed by atoms with Crippen molar-refractivity contribution in [1.29, 1.82) is 5.26 Å². The van der Waals surface area contributed by atoms with Crippen molar-refractivity contribution in [3.05, 3.63) is 34.9 Å². The fourth-order valence-corrected chi connectivity index (χ4v) is 5.84. The number of benzene rings is 1. The Kier molecular flexibility index (Phi) is 8.52. The van der Waals surface area contributed by atoms with Crippen molar-refractivity contribution in [2.24, 2.45) is 17.8 Å². The van der Waals surface area contributed by atoms with Gasteiger partial charge in [0, 0.05) is 0 Å². The van der Waals surface area contributed by atoms with Crippen LogP contribution in [0.15, 0.2) is 12.1 Å². The first-order valence-electron chi connectivity index (χ1n) is 12.0. The molecule has 0 heterocycles. The number of hydrogen-bond donors (Lipinski definition) is 0. The first-order chi connectivity index (χ1) is 14.1. The van der Waals surface area contributed by atoms with Gasteiger partial charge in [0.25, 0.3) is 0 Å². The Morgan fingerprint density at radius 3 is 1.93 bits per heavy atom. The second kappa shape index (κ2) is 11.1. The van der Waals surface area contributed by atoms with Crippen LogP contribution in [0.3, 0.4) is 0 Å². The van der Waals surface area contributed by atoms with Crippen LogP contribution in [0, 0.1) is 40.7 Å². The number of nitrogens with zero attached hydrogens (tertiary/aromatic N) is 1. The molecule has 0 atom stereocenters. The molecule has 3 heteroatoms. The molecule has 1 aromatic carbocycles. The van der Waals surface area contributed by atoms with Crippen LogP contribution >= 0.6 is 0 Å². The van der Waals surface area contributed by atoms with Crippen LogP contribution in [0.4, 0.5) is 8.78 Å². The maximum absolute atomic E-state index is 14.0. The van der Waals surface area contributed by atoms with Crippen LogP contribution < -0.4 is 0 Å². The topological polar surface area (TPSA) is 23.8 Å². The van der Waals surface area contributed by atoms with E-state index in [9.17, 15) is 8.78 Å². The number of nitriles is 1. The molecule has 29 heavy (non-hydrogen) atoms. The zero-order valence-electron chi connectivity index (χ0n) is 18.1. The molecular weight excluding hydrogens is 364 g/mol. The second-order valence-corrected chi connectivity index (χ2v) is 9.57. The van der Waals surface area contributed by atoms with Gasteiger partial charge >= 0.3 is 0 Å². The average Bonchev–Trinajstić information content (AvgIpc) is 2.74. The Morgan fingerprint density at radius 1 is 0.828 bits per heavy atom. The average molecular weight is 402 g/mol. The number of unbranched alkanes of at least 4 members (excludes halogenated alkanes) is 4. The Hall–Kier alpha value is -1.43. The third kappa shape index (κ3) is 6.03. The van der Waals surface area contributed by atoms with Crippen molar-refractivity contribution < 1.29 is 8.78 Å². The molecule has 3 rings (SSSR count). The number of halogens is 2. The smallest absolute Gasteiger partial charge is 0.144 e. The van der Waals surface area contributed by atoms with Gasteiger partial charge in [0.05, 0.1) is 0 Å². The van der Waals surface area contributed by atoms with Crippen molar-refractivity contribution in [2.45, 2.75) is 103 Å². The van der Waals surface area contributed by atoms with Gasteiger partial charge in [-0.1, -0.05) is 58.3 Å². The molecule has 0 bridgehead atoms. The van der Waals surface area contributed by atoms with E-state index in [1.165, 1.54) is 89.2 Å². The highest BCUT2D eigenvalue weighted by Gasteiger charge is 2.31. The second-order valence-electron chi connectivity index (χ2n) is 9.57. The van der Waals surface area contributed by atoms with E-state index in [2.05, 4.69) is 6.92 Å². The molecular formula is C26H37F2N. The van der Waals surface area contributed by atoms with Crippen molar-refractivity contribution in [3.63, 3.8) is 0 Å². The van der Waals surface area contributed by atoms with Crippen LogP contribution in [0.25, 0.3) is 0 Å². The molecule has 0 radical (unpaired) electrons. The highest BCUT2D eigenvalue weighted by atomic mass is 19.1. The Morgan fingerprint density at radius 2 is 1.38 bits per heavy atom. The molecule has 0 aromatic heterocycles. The van der Waals surface area contributed by atoms with Gasteiger partial charge in [-0.05, 0) is 79.9 Å². The van der Waals surface area contributed by atoms with E-state index in [1.54, 1.807) is 6.07 Å². The Bertz CT molecular complexity index is 653. The zero-order valence-corrected chi connectivity index (χ0v) is 18.1. The third-order valence-corrected chi connectivity index (χ3v) is 7.69. The van der Waals surface area contributed by atoms with Gasteiger partial charge in [-0.3, -0.25) is 0 Å². The maximum Gasteiger partial charge on any atom is 0.144 e. The van der Waals surface area contributed by atoms with E-state index in [0.29, 0.717) is 0 Å². The molecule has 2 aliphatic carbocycles. The summed E-state index contributed by atoms with van der Waals surface area (Å²) >= 11 is 0. The van der Waals surface area contributed by atoms with Crippen molar-refractivity contribution in [3.8, 4) is 6.07 Å². The Labute approximate surface area is 175 Å². The Balaban J connectivity index is 1.41. The standard InChI is InChI=1S/C26H37F2N/c1-2-3-4-5-6-7-19-8-10-20(11-9-19)21-12-14-22(15-13-21)23-16-25(27)24(18-29)26(28)17-23/h16-17,19-22H,2-15H2,1H3. The van der Waals surface area contributed by atoms with Crippen LogP contribution in [0.1, 0.15) is 114 Å². The molecule has 2 saturated carbocycles. The summed E-state index contributed by atoms with van der Waals surface area (Å²) in [6.07, 6.45) is 18.4. The number of rotatable bonds is 8. The van der Waals surface area contributed by atoms with E-state index in [0.717, 1.165) is 36.2 Å². The molecule has 0 amide bonds. The van der Waals surface area contributed by atoms with Crippen LogP contribution in [0.5, 0.6) is 0 Å². The summed E-state index contributed by atoms with van der Waals surface area (Å²) in [5.74, 6) is 1.43. The minimum Gasteiger partial charge on any atom is -0.205 e. The molecule has 1 aromatic rings. The van der Waals surface area contributed by atoms with Gasteiger partial charge in [0.15, 0.2) is 0 Å². The molecule has 0 saturated heterocycles.